The number of carbonyl (C=O) groups is 2. The van der Waals surface area contributed by atoms with Crippen LogP contribution in [-0.4, -0.2) is 39.8 Å². The zero-order valence-corrected chi connectivity index (χ0v) is 20.3. The standard InChI is InChI=1S/C31H29NO5/c33-22-21-28(29(34)35)32(30(36)37-23-24-13-5-1-6-14-24)31(25-15-7-2-8-16-25,26-17-9-3-10-18-26)27-19-11-4-12-20-27/h1-20,28,33H,21-23H2,(H,34,35)/t28-/m0/s1. The summed E-state index contributed by atoms with van der Waals surface area (Å²) in [6.07, 6.45) is -0.981. The first kappa shape index (κ1) is 25.7. The van der Waals surface area contributed by atoms with Crippen LogP contribution >= 0.6 is 0 Å². The number of carboxylic acid groups (broad SMARTS) is 1. The van der Waals surface area contributed by atoms with Crippen LogP contribution in [0.25, 0.3) is 0 Å². The Kier molecular flexibility index (Phi) is 8.33. The number of nitrogens with zero attached hydrogens (tertiary/aromatic N) is 1. The summed E-state index contributed by atoms with van der Waals surface area (Å²) in [4.78, 5) is 28.0. The molecule has 4 rings (SSSR count). The van der Waals surface area contributed by atoms with Gasteiger partial charge in [0.05, 0.1) is 0 Å². The van der Waals surface area contributed by atoms with Crippen molar-refractivity contribution in [3.8, 4) is 0 Å². The van der Waals surface area contributed by atoms with Gasteiger partial charge in [0.25, 0.3) is 0 Å². The van der Waals surface area contributed by atoms with Gasteiger partial charge in [-0.3, -0.25) is 4.90 Å². The third-order valence-corrected chi connectivity index (χ3v) is 6.34. The fourth-order valence-corrected chi connectivity index (χ4v) is 4.73. The van der Waals surface area contributed by atoms with E-state index in [4.69, 9.17) is 4.74 Å². The lowest BCUT2D eigenvalue weighted by Gasteiger charge is -2.47. The van der Waals surface area contributed by atoms with E-state index in [9.17, 15) is 19.8 Å². The second-order valence-corrected chi connectivity index (χ2v) is 8.58. The van der Waals surface area contributed by atoms with Gasteiger partial charge in [0.2, 0.25) is 0 Å². The van der Waals surface area contributed by atoms with Crippen molar-refractivity contribution >= 4 is 12.1 Å². The first-order valence-electron chi connectivity index (χ1n) is 12.1. The predicted octanol–water partition coefficient (Wildman–Crippen LogP) is 5.45. The van der Waals surface area contributed by atoms with Crippen LogP contribution in [0, 0.1) is 0 Å². The highest BCUT2D eigenvalue weighted by Crippen LogP contribution is 2.44. The monoisotopic (exact) mass is 495 g/mol. The summed E-state index contributed by atoms with van der Waals surface area (Å²) in [5, 5.41) is 20.2. The third kappa shape index (κ3) is 5.39. The van der Waals surface area contributed by atoms with Crippen molar-refractivity contribution in [3.63, 3.8) is 0 Å². The van der Waals surface area contributed by atoms with Gasteiger partial charge >= 0.3 is 12.1 Å². The molecule has 0 aliphatic rings. The molecule has 0 aliphatic heterocycles. The van der Waals surface area contributed by atoms with Gasteiger partial charge in [-0.1, -0.05) is 121 Å². The Bertz CT molecular complexity index is 1180. The van der Waals surface area contributed by atoms with Crippen LogP contribution in [0.3, 0.4) is 0 Å². The molecule has 0 spiro atoms. The highest BCUT2D eigenvalue weighted by molar-refractivity contribution is 5.82. The Labute approximate surface area is 216 Å². The van der Waals surface area contributed by atoms with Crippen LogP contribution in [0.2, 0.25) is 0 Å². The van der Waals surface area contributed by atoms with Crippen LogP contribution in [0.1, 0.15) is 28.7 Å². The summed E-state index contributed by atoms with van der Waals surface area (Å²) < 4.78 is 5.78. The second-order valence-electron chi connectivity index (χ2n) is 8.58. The normalized spacial score (nSPS) is 11.9. The van der Waals surface area contributed by atoms with Crippen LogP contribution < -0.4 is 0 Å². The molecule has 0 bridgehead atoms. The average molecular weight is 496 g/mol. The molecule has 0 saturated carbocycles. The van der Waals surface area contributed by atoms with Crippen LogP contribution in [-0.2, 0) is 21.7 Å². The van der Waals surface area contributed by atoms with Crippen molar-refractivity contribution in [3.05, 3.63) is 144 Å². The van der Waals surface area contributed by atoms with E-state index in [2.05, 4.69) is 0 Å². The predicted molar refractivity (Wildman–Crippen MR) is 141 cm³/mol. The number of aliphatic carboxylic acids is 1. The van der Waals surface area contributed by atoms with Crippen molar-refractivity contribution in [2.45, 2.75) is 24.6 Å². The molecular formula is C31H29NO5. The van der Waals surface area contributed by atoms with Crippen molar-refractivity contribution in [1.29, 1.82) is 0 Å². The number of rotatable bonds is 10. The number of benzene rings is 4. The number of amides is 1. The molecule has 2 N–H and O–H groups in total. The summed E-state index contributed by atoms with van der Waals surface area (Å²) in [5.74, 6) is -1.24. The Morgan fingerprint density at radius 2 is 1.11 bits per heavy atom. The summed E-state index contributed by atoms with van der Waals surface area (Å²) in [5.41, 5.74) is 1.47. The van der Waals surface area contributed by atoms with E-state index in [1.54, 1.807) is 0 Å². The maximum absolute atomic E-state index is 14.1. The molecule has 0 saturated heterocycles. The van der Waals surface area contributed by atoms with Gasteiger partial charge in [0, 0.05) is 13.0 Å². The molecule has 1 atom stereocenters. The maximum atomic E-state index is 14.1. The number of aliphatic hydroxyl groups excluding tert-OH is 1. The van der Waals surface area contributed by atoms with Crippen molar-refractivity contribution < 1.29 is 24.5 Å². The minimum absolute atomic E-state index is 0.0317. The number of aliphatic hydroxyl groups is 1. The van der Waals surface area contributed by atoms with Crippen molar-refractivity contribution in [2.24, 2.45) is 0 Å². The van der Waals surface area contributed by atoms with Crippen LogP contribution in [0.15, 0.2) is 121 Å². The lowest BCUT2D eigenvalue weighted by Crippen LogP contribution is -2.58. The molecule has 6 heteroatoms. The smallest absolute Gasteiger partial charge is 0.412 e. The van der Waals surface area contributed by atoms with E-state index < -0.39 is 30.3 Å². The molecule has 4 aromatic carbocycles. The molecular weight excluding hydrogens is 466 g/mol. The van der Waals surface area contributed by atoms with Gasteiger partial charge in [-0.25, -0.2) is 9.59 Å². The quantitative estimate of drug-likeness (QED) is 0.286. The molecule has 37 heavy (non-hydrogen) atoms. The van der Waals surface area contributed by atoms with E-state index in [1.165, 1.54) is 4.90 Å². The molecule has 0 heterocycles. The lowest BCUT2D eigenvalue weighted by molar-refractivity contribution is -0.145. The van der Waals surface area contributed by atoms with Crippen LogP contribution in [0.4, 0.5) is 4.79 Å². The second kappa shape index (κ2) is 12.0. The summed E-state index contributed by atoms with van der Waals surface area (Å²) >= 11 is 0. The molecule has 0 aliphatic carbocycles. The minimum Gasteiger partial charge on any atom is -0.480 e. The molecule has 188 valence electrons. The van der Waals surface area contributed by atoms with E-state index in [1.807, 2.05) is 121 Å². The maximum Gasteiger partial charge on any atom is 0.412 e. The molecule has 1 amide bonds. The fourth-order valence-electron chi connectivity index (χ4n) is 4.73. The molecule has 4 aromatic rings. The Hall–Kier alpha value is -4.42. The van der Waals surface area contributed by atoms with Gasteiger partial charge in [-0.15, -0.1) is 0 Å². The number of carbonyl (C=O) groups excluding carboxylic acids is 1. The third-order valence-electron chi connectivity index (χ3n) is 6.34. The highest BCUT2D eigenvalue weighted by atomic mass is 16.6. The average Bonchev–Trinajstić information content (AvgIpc) is 2.95. The summed E-state index contributed by atoms with van der Waals surface area (Å²) in [6.45, 7) is -0.454. The Balaban J connectivity index is 1.99. The lowest BCUT2D eigenvalue weighted by atomic mass is 9.74. The molecule has 0 unspecified atom stereocenters. The fraction of sp³-hybridized carbons (Fsp3) is 0.161. The molecule has 0 radical (unpaired) electrons. The number of hydrogen-bond donors (Lipinski definition) is 2. The number of hydrogen-bond acceptors (Lipinski definition) is 4. The largest absolute Gasteiger partial charge is 0.480 e. The van der Waals surface area contributed by atoms with Gasteiger partial charge in [-0.2, -0.15) is 0 Å². The molecule has 0 aromatic heterocycles. The van der Waals surface area contributed by atoms with Crippen molar-refractivity contribution in [2.75, 3.05) is 6.61 Å². The molecule has 0 fully saturated rings. The van der Waals surface area contributed by atoms with Gasteiger partial charge < -0.3 is 14.9 Å². The Morgan fingerprint density at radius 1 is 0.703 bits per heavy atom. The number of carboxylic acids is 1. The summed E-state index contributed by atoms with van der Waals surface area (Å²) in [7, 11) is 0. The van der Waals surface area contributed by atoms with Crippen LogP contribution in [0.5, 0.6) is 0 Å². The topological polar surface area (TPSA) is 87.1 Å². The SMILES string of the molecule is O=C(O)[C@H](CCO)N(C(=O)OCc1ccccc1)C(c1ccccc1)(c1ccccc1)c1ccccc1. The van der Waals surface area contributed by atoms with E-state index in [-0.39, 0.29) is 13.0 Å². The number of ether oxygens (including phenoxy) is 1. The Morgan fingerprint density at radius 3 is 1.49 bits per heavy atom. The van der Waals surface area contributed by atoms with Gasteiger partial charge in [0.15, 0.2) is 0 Å². The van der Waals surface area contributed by atoms with Gasteiger partial charge in [0.1, 0.15) is 18.2 Å². The van der Waals surface area contributed by atoms with E-state index in [0.717, 1.165) is 5.56 Å². The zero-order chi connectivity index (χ0) is 26.1. The first-order chi connectivity index (χ1) is 18.1. The van der Waals surface area contributed by atoms with E-state index >= 15 is 0 Å². The zero-order valence-electron chi connectivity index (χ0n) is 20.3. The van der Waals surface area contributed by atoms with E-state index in [0.29, 0.717) is 16.7 Å². The van der Waals surface area contributed by atoms with Crippen molar-refractivity contribution in [1.82, 2.24) is 4.90 Å². The first-order valence-corrected chi connectivity index (χ1v) is 12.1. The summed E-state index contributed by atoms with van der Waals surface area (Å²) in [6, 6.07) is 35.8. The minimum atomic E-state index is -1.38. The molecule has 6 nitrogen and oxygen atoms in total. The van der Waals surface area contributed by atoms with Gasteiger partial charge in [-0.05, 0) is 22.3 Å². The highest BCUT2D eigenvalue weighted by Gasteiger charge is 2.50.